The third kappa shape index (κ3) is 7.17. The average Bonchev–Trinajstić information content (AvgIpc) is 3.91. The van der Waals surface area contributed by atoms with Gasteiger partial charge in [0, 0.05) is 67.7 Å². The molecule has 2 heterocycles. The Hall–Kier alpha value is -8.14. The molecule has 3 heteroatoms. The Kier molecular flexibility index (Phi) is 10.3. The van der Waals surface area contributed by atoms with Crippen LogP contribution in [0.15, 0.2) is 237 Å². The standard InChI is InChI=1S/C55H39N3.C6H8/c1-57-52-28-12-9-22-47(52)50-26-14-23-44(55(50)57)39-30-32-42(33-31-39)58(43-35-40(37-16-4-2-5-17-37)34-41(36-43)38-18-6-3-7-19-38)53-29-13-10-21-46(53)49-25-15-24-48-45-20-8-11-27-51(45)56-54(48)49;1-2-4-6-5-3-1/h2-36,56H,1H3;1-4H,5-6H2. The SMILES string of the molecule is C1=CCCC=C1.Cn1c2ccccc2c2cccc(-c3ccc(N(c4cc(-c5ccccc5)cc(-c5ccccc5)c4)c4ccccc4-c4cccc5c4[nH]c4ccccc45)cc3)c21. The summed E-state index contributed by atoms with van der Waals surface area (Å²) in [4.78, 5) is 6.23. The molecule has 9 aromatic carbocycles. The van der Waals surface area contributed by atoms with Crippen LogP contribution in [-0.2, 0) is 7.05 Å². The van der Waals surface area contributed by atoms with Gasteiger partial charge in [-0.25, -0.2) is 0 Å². The number of aryl methyl sites for hydroxylation is 1. The second-order valence-electron chi connectivity index (χ2n) is 16.5. The summed E-state index contributed by atoms with van der Waals surface area (Å²) >= 11 is 0. The van der Waals surface area contributed by atoms with Gasteiger partial charge in [0.05, 0.1) is 16.7 Å². The predicted octanol–water partition coefficient (Wildman–Crippen LogP) is 17.0. The number of fused-ring (bicyclic) bond motifs is 6. The second-order valence-corrected chi connectivity index (χ2v) is 16.5. The molecule has 0 saturated carbocycles. The van der Waals surface area contributed by atoms with Gasteiger partial charge in [-0.3, -0.25) is 0 Å². The van der Waals surface area contributed by atoms with Crippen LogP contribution >= 0.6 is 0 Å². The topological polar surface area (TPSA) is 24.0 Å². The lowest BCUT2D eigenvalue weighted by molar-refractivity contribution is 1.02. The van der Waals surface area contributed by atoms with Gasteiger partial charge in [0.1, 0.15) is 0 Å². The first-order valence-corrected chi connectivity index (χ1v) is 22.2. The fourth-order valence-corrected chi connectivity index (χ4v) is 9.56. The van der Waals surface area contributed by atoms with E-state index in [2.05, 4.69) is 258 Å². The van der Waals surface area contributed by atoms with Crippen molar-refractivity contribution in [3.63, 3.8) is 0 Å². The molecule has 306 valence electrons. The zero-order valence-corrected chi connectivity index (χ0v) is 35.8. The number of benzene rings is 9. The fraction of sp³-hybridized carbons (Fsp3) is 0.0492. The summed E-state index contributed by atoms with van der Waals surface area (Å²) in [5.74, 6) is 0. The molecule has 0 amide bonds. The number of H-pyrrole nitrogens is 1. The van der Waals surface area contributed by atoms with Gasteiger partial charge >= 0.3 is 0 Å². The Morgan fingerprint density at radius 2 is 0.969 bits per heavy atom. The maximum absolute atomic E-state index is 3.79. The van der Waals surface area contributed by atoms with Crippen molar-refractivity contribution in [2.24, 2.45) is 7.05 Å². The molecule has 0 atom stereocenters. The van der Waals surface area contributed by atoms with Crippen molar-refractivity contribution in [2.45, 2.75) is 12.8 Å². The number of hydrogen-bond donors (Lipinski definition) is 1. The Morgan fingerprint density at radius 1 is 0.406 bits per heavy atom. The highest BCUT2D eigenvalue weighted by Crippen LogP contribution is 2.46. The molecule has 0 unspecified atom stereocenters. The van der Waals surface area contributed by atoms with E-state index < -0.39 is 0 Å². The van der Waals surface area contributed by atoms with Gasteiger partial charge in [-0.2, -0.15) is 0 Å². The van der Waals surface area contributed by atoms with Crippen LogP contribution in [0.3, 0.4) is 0 Å². The summed E-state index contributed by atoms with van der Waals surface area (Å²) in [5, 5.41) is 5.00. The van der Waals surface area contributed by atoms with E-state index in [4.69, 9.17) is 0 Å². The molecule has 2 aromatic heterocycles. The van der Waals surface area contributed by atoms with E-state index >= 15 is 0 Å². The molecular weight excluding hydrogens is 775 g/mol. The smallest absolute Gasteiger partial charge is 0.0568 e. The highest BCUT2D eigenvalue weighted by atomic mass is 15.1. The van der Waals surface area contributed by atoms with Crippen molar-refractivity contribution in [3.05, 3.63) is 237 Å². The van der Waals surface area contributed by atoms with Crippen molar-refractivity contribution in [1.29, 1.82) is 0 Å². The van der Waals surface area contributed by atoms with Gasteiger partial charge in [0.15, 0.2) is 0 Å². The van der Waals surface area contributed by atoms with Gasteiger partial charge in [0.25, 0.3) is 0 Å². The van der Waals surface area contributed by atoms with Gasteiger partial charge in [-0.05, 0) is 89.2 Å². The minimum absolute atomic E-state index is 1.08. The van der Waals surface area contributed by atoms with Crippen LogP contribution in [0.1, 0.15) is 12.8 Å². The molecular formula is C61H47N3. The fourth-order valence-electron chi connectivity index (χ4n) is 9.56. The second kappa shape index (κ2) is 17.0. The van der Waals surface area contributed by atoms with Crippen LogP contribution in [0, 0.1) is 0 Å². The van der Waals surface area contributed by atoms with E-state index in [1.54, 1.807) is 0 Å². The van der Waals surface area contributed by atoms with E-state index in [9.17, 15) is 0 Å². The van der Waals surface area contributed by atoms with Gasteiger partial charge in [0.2, 0.25) is 0 Å². The maximum Gasteiger partial charge on any atom is 0.0568 e. The molecule has 1 aliphatic rings. The molecule has 0 saturated heterocycles. The zero-order chi connectivity index (χ0) is 42.8. The largest absolute Gasteiger partial charge is 0.354 e. The molecule has 3 nitrogen and oxygen atoms in total. The quantitative estimate of drug-likeness (QED) is 0.170. The summed E-state index contributed by atoms with van der Waals surface area (Å²) in [6, 6.07) is 77.0. The number of allylic oxidation sites excluding steroid dienone is 4. The summed E-state index contributed by atoms with van der Waals surface area (Å²) < 4.78 is 2.33. The van der Waals surface area contributed by atoms with Crippen LogP contribution in [0.4, 0.5) is 17.1 Å². The van der Waals surface area contributed by atoms with E-state index in [-0.39, 0.29) is 0 Å². The number of anilines is 3. The van der Waals surface area contributed by atoms with Crippen molar-refractivity contribution in [1.82, 2.24) is 9.55 Å². The summed E-state index contributed by atoms with van der Waals surface area (Å²) in [6.45, 7) is 0. The first-order chi connectivity index (χ1) is 31.7. The van der Waals surface area contributed by atoms with E-state index in [0.29, 0.717) is 0 Å². The Labute approximate surface area is 374 Å². The molecule has 0 fully saturated rings. The van der Waals surface area contributed by atoms with Crippen LogP contribution < -0.4 is 4.90 Å². The highest BCUT2D eigenvalue weighted by molar-refractivity contribution is 6.14. The predicted molar refractivity (Wildman–Crippen MR) is 274 cm³/mol. The van der Waals surface area contributed by atoms with Gasteiger partial charge in [-0.1, -0.05) is 188 Å². The van der Waals surface area contributed by atoms with Crippen molar-refractivity contribution >= 4 is 60.7 Å². The molecule has 0 radical (unpaired) electrons. The Balaban J connectivity index is 0.000000705. The van der Waals surface area contributed by atoms with E-state index in [1.807, 2.05) is 0 Å². The first-order valence-electron chi connectivity index (χ1n) is 22.2. The van der Waals surface area contributed by atoms with Crippen LogP contribution in [0.2, 0.25) is 0 Å². The number of nitrogens with one attached hydrogen (secondary N) is 1. The third-order valence-corrected chi connectivity index (χ3v) is 12.6. The monoisotopic (exact) mass is 821 g/mol. The number of nitrogens with zero attached hydrogens (tertiary/aromatic N) is 2. The molecule has 0 aliphatic heterocycles. The molecule has 0 bridgehead atoms. The van der Waals surface area contributed by atoms with Crippen molar-refractivity contribution in [2.75, 3.05) is 4.90 Å². The van der Waals surface area contributed by atoms with Gasteiger partial charge < -0.3 is 14.5 Å². The normalized spacial score (nSPS) is 12.2. The first kappa shape index (κ1) is 38.8. The van der Waals surface area contributed by atoms with Crippen LogP contribution in [-0.4, -0.2) is 9.55 Å². The third-order valence-electron chi connectivity index (χ3n) is 12.6. The number of aromatic amines is 1. The summed E-state index contributed by atoms with van der Waals surface area (Å²) in [5.41, 5.74) is 17.4. The Bertz CT molecular complexity index is 3430. The molecule has 1 aliphatic carbocycles. The van der Waals surface area contributed by atoms with Crippen molar-refractivity contribution < 1.29 is 0 Å². The lowest BCUT2D eigenvalue weighted by Gasteiger charge is -2.29. The lowest BCUT2D eigenvalue weighted by atomic mass is 9.95. The van der Waals surface area contributed by atoms with E-state index in [1.165, 1.54) is 67.7 Å². The van der Waals surface area contributed by atoms with E-state index in [0.717, 1.165) is 50.3 Å². The number of para-hydroxylation sites is 5. The van der Waals surface area contributed by atoms with Gasteiger partial charge in [-0.15, -0.1) is 0 Å². The molecule has 64 heavy (non-hydrogen) atoms. The molecule has 0 spiro atoms. The van der Waals surface area contributed by atoms with Crippen LogP contribution in [0.5, 0.6) is 0 Å². The number of rotatable bonds is 7. The summed E-state index contributed by atoms with van der Waals surface area (Å²) in [7, 11) is 2.18. The Morgan fingerprint density at radius 3 is 1.66 bits per heavy atom. The zero-order valence-electron chi connectivity index (χ0n) is 35.8. The van der Waals surface area contributed by atoms with Crippen LogP contribution in [0.25, 0.3) is 88.1 Å². The average molecular weight is 822 g/mol. The highest BCUT2D eigenvalue weighted by Gasteiger charge is 2.22. The number of hydrogen-bond acceptors (Lipinski definition) is 1. The summed E-state index contributed by atoms with van der Waals surface area (Å²) in [6.07, 6.45) is 11.0. The molecule has 11 aromatic rings. The number of aromatic nitrogens is 2. The lowest BCUT2D eigenvalue weighted by Crippen LogP contribution is -2.11. The molecule has 1 N–H and O–H groups in total. The minimum Gasteiger partial charge on any atom is -0.354 e. The maximum atomic E-state index is 3.79. The molecule has 12 rings (SSSR count). The minimum atomic E-state index is 1.08. The van der Waals surface area contributed by atoms with Crippen molar-refractivity contribution in [3.8, 4) is 44.5 Å².